The standard InChI is InChI=1S/C17H21NO/c1-13-5-4-6-15(11-13)12-18-14(2)16-7-9-17(19-3)10-8-16/h4-11,14,18H,12H2,1-3H3/t14-/m1/s1. The lowest BCUT2D eigenvalue weighted by molar-refractivity contribution is 0.414. The van der Waals surface area contributed by atoms with E-state index in [9.17, 15) is 0 Å². The second-order valence-electron chi connectivity index (χ2n) is 4.86. The van der Waals surface area contributed by atoms with Gasteiger partial charge in [0.2, 0.25) is 0 Å². The number of methoxy groups -OCH3 is 1. The third kappa shape index (κ3) is 3.83. The Morgan fingerprint density at radius 2 is 1.84 bits per heavy atom. The van der Waals surface area contributed by atoms with E-state index in [2.05, 4.69) is 55.6 Å². The highest BCUT2D eigenvalue weighted by atomic mass is 16.5. The molecule has 0 aliphatic rings. The van der Waals surface area contributed by atoms with Gasteiger partial charge in [-0.15, -0.1) is 0 Å². The molecule has 2 aromatic rings. The van der Waals surface area contributed by atoms with Crippen LogP contribution in [-0.2, 0) is 6.54 Å². The predicted octanol–water partition coefficient (Wildman–Crippen LogP) is 3.85. The topological polar surface area (TPSA) is 21.3 Å². The summed E-state index contributed by atoms with van der Waals surface area (Å²) in [6, 6.07) is 17.1. The van der Waals surface area contributed by atoms with E-state index >= 15 is 0 Å². The summed E-state index contributed by atoms with van der Waals surface area (Å²) in [7, 11) is 1.69. The summed E-state index contributed by atoms with van der Waals surface area (Å²) in [5, 5.41) is 3.54. The highest BCUT2D eigenvalue weighted by molar-refractivity contribution is 5.29. The first-order valence-corrected chi connectivity index (χ1v) is 6.62. The van der Waals surface area contributed by atoms with Crippen molar-refractivity contribution in [2.24, 2.45) is 0 Å². The number of aryl methyl sites for hydroxylation is 1. The first-order valence-electron chi connectivity index (χ1n) is 6.62. The smallest absolute Gasteiger partial charge is 0.118 e. The second-order valence-corrected chi connectivity index (χ2v) is 4.86. The predicted molar refractivity (Wildman–Crippen MR) is 79.4 cm³/mol. The normalized spacial score (nSPS) is 12.2. The highest BCUT2D eigenvalue weighted by Crippen LogP contribution is 2.17. The van der Waals surface area contributed by atoms with Gasteiger partial charge in [0.15, 0.2) is 0 Å². The van der Waals surface area contributed by atoms with E-state index in [-0.39, 0.29) is 0 Å². The van der Waals surface area contributed by atoms with E-state index in [0.29, 0.717) is 6.04 Å². The number of nitrogens with one attached hydrogen (secondary N) is 1. The molecule has 0 spiro atoms. The molecule has 2 rings (SSSR count). The van der Waals surface area contributed by atoms with Gasteiger partial charge >= 0.3 is 0 Å². The molecule has 0 aromatic heterocycles. The number of hydrogen-bond donors (Lipinski definition) is 1. The third-order valence-corrected chi connectivity index (χ3v) is 3.31. The molecule has 2 aromatic carbocycles. The number of rotatable bonds is 5. The fourth-order valence-electron chi connectivity index (χ4n) is 2.10. The molecule has 0 saturated heterocycles. The molecule has 100 valence electrons. The van der Waals surface area contributed by atoms with Gasteiger partial charge in [0.1, 0.15) is 5.75 Å². The van der Waals surface area contributed by atoms with Crippen LogP contribution in [0.4, 0.5) is 0 Å². The first kappa shape index (κ1) is 13.6. The molecule has 1 N–H and O–H groups in total. The minimum atomic E-state index is 0.325. The molecule has 0 radical (unpaired) electrons. The van der Waals surface area contributed by atoms with Gasteiger partial charge < -0.3 is 10.1 Å². The molecule has 0 bridgehead atoms. The highest BCUT2D eigenvalue weighted by Gasteiger charge is 2.05. The lowest BCUT2D eigenvalue weighted by atomic mass is 10.1. The summed E-state index contributed by atoms with van der Waals surface area (Å²) in [4.78, 5) is 0. The van der Waals surface area contributed by atoms with E-state index in [4.69, 9.17) is 4.74 Å². The van der Waals surface area contributed by atoms with E-state index in [1.165, 1.54) is 16.7 Å². The zero-order valence-corrected chi connectivity index (χ0v) is 11.8. The van der Waals surface area contributed by atoms with E-state index in [1.54, 1.807) is 7.11 Å². The summed E-state index contributed by atoms with van der Waals surface area (Å²) in [5.41, 5.74) is 3.89. The Bertz CT molecular complexity index is 519. The van der Waals surface area contributed by atoms with Crippen molar-refractivity contribution >= 4 is 0 Å². The molecule has 0 heterocycles. The van der Waals surface area contributed by atoms with Gasteiger partial charge in [-0.25, -0.2) is 0 Å². The Morgan fingerprint density at radius 3 is 2.47 bits per heavy atom. The van der Waals surface area contributed by atoms with Crippen molar-refractivity contribution in [3.05, 3.63) is 65.2 Å². The average molecular weight is 255 g/mol. The Kier molecular flexibility index (Phi) is 4.58. The van der Waals surface area contributed by atoms with Crippen molar-refractivity contribution < 1.29 is 4.74 Å². The van der Waals surface area contributed by atoms with Gasteiger partial charge in [-0.2, -0.15) is 0 Å². The largest absolute Gasteiger partial charge is 0.497 e. The minimum absolute atomic E-state index is 0.325. The molecule has 0 amide bonds. The molecule has 2 nitrogen and oxygen atoms in total. The van der Waals surface area contributed by atoms with Crippen LogP contribution in [0.5, 0.6) is 5.75 Å². The van der Waals surface area contributed by atoms with Gasteiger partial charge in [0.05, 0.1) is 7.11 Å². The Hall–Kier alpha value is -1.80. The molecule has 19 heavy (non-hydrogen) atoms. The molecular weight excluding hydrogens is 234 g/mol. The van der Waals surface area contributed by atoms with E-state index in [0.717, 1.165) is 12.3 Å². The lowest BCUT2D eigenvalue weighted by Crippen LogP contribution is -2.18. The Balaban J connectivity index is 1.95. The maximum atomic E-state index is 5.17. The van der Waals surface area contributed by atoms with Crippen LogP contribution < -0.4 is 10.1 Å². The lowest BCUT2D eigenvalue weighted by Gasteiger charge is -2.15. The molecular formula is C17H21NO. The molecule has 0 unspecified atom stereocenters. The van der Waals surface area contributed by atoms with Crippen LogP contribution in [0.2, 0.25) is 0 Å². The van der Waals surface area contributed by atoms with Crippen molar-refractivity contribution in [1.29, 1.82) is 0 Å². The number of ether oxygens (including phenoxy) is 1. The number of hydrogen-bond acceptors (Lipinski definition) is 2. The van der Waals surface area contributed by atoms with E-state index in [1.807, 2.05) is 12.1 Å². The minimum Gasteiger partial charge on any atom is -0.497 e. The molecule has 0 aliphatic heterocycles. The molecule has 0 saturated carbocycles. The summed E-state index contributed by atoms with van der Waals surface area (Å²) >= 11 is 0. The fourth-order valence-corrected chi connectivity index (χ4v) is 2.10. The zero-order chi connectivity index (χ0) is 13.7. The van der Waals surface area contributed by atoms with Crippen molar-refractivity contribution in [3.8, 4) is 5.75 Å². The van der Waals surface area contributed by atoms with Gasteiger partial charge in [0, 0.05) is 12.6 Å². The first-order chi connectivity index (χ1) is 9.19. The van der Waals surface area contributed by atoms with Gasteiger partial charge in [-0.3, -0.25) is 0 Å². The number of benzene rings is 2. The zero-order valence-electron chi connectivity index (χ0n) is 11.8. The Labute approximate surface area is 115 Å². The molecule has 0 fully saturated rings. The molecule has 0 aliphatic carbocycles. The van der Waals surface area contributed by atoms with Crippen molar-refractivity contribution in [3.63, 3.8) is 0 Å². The van der Waals surface area contributed by atoms with Crippen LogP contribution in [0.25, 0.3) is 0 Å². The van der Waals surface area contributed by atoms with Gasteiger partial charge in [-0.05, 0) is 37.1 Å². The Morgan fingerprint density at radius 1 is 1.11 bits per heavy atom. The average Bonchev–Trinajstić information content (AvgIpc) is 2.45. The van der Waals surface area contributed by atoms with Crippen LogP contribution in [0.15, 0.2) is 48.5 Å². The van der Waals surface area contributed by atoms with Gasteiger partial charge in [0.25, 0.3) is 0 Å². The maximum absolute atomic E-state index is 5.17. The quantitative estimate of drug-likeness (QED) is 0.876. The van der Waals surface area contributed by atoms with Crippen LogP contribution >= 0.6 is 0 Å². The molecule has 1 atom stereocenters. The maximum Gasteiger partial charge on any atom is 0.118 e. The third-order valence-electron chi connectivity index (χ3n) is 3.31. The second kappa shape index (κ2) is 6.39. The summed E-state index contributed by atoms with van der Waals surface area (Å²) in [6.45, 7) is 5.18. The van der Waals surface area contributed by atoms with Crippen LogP contribution in [0, 0.1) is 6.92 Å². The van der Waals surface area contributed by atoms with Crippen LogP contribution in [0.1, 0.15) is 29.7 Å². The summed E-state index contributed by atoms with van der Waals surface area (Å²) in [5.74, 6) is 0.898. The van der Waals surface area contributed by atoms with Crippen molar-refractivity contribution in [2.75, 3.05) is 7.11 Å². The SMILES string of the molecule is COc1ccc([C@@H](C)NCc2cccc(C)c2)cc1. The summed E-state index contributed by atoms with van der Waals surface area (Å²) in [6.07, 6.45) is 0. The van der Waals surface area contributed by atoms with Crippen molar-refractivity contribution in [1.82, 2.24) is 5.32 Å². The fraction of sp³-hybridized carbons (Fsp3) is 0.294. The van der Waals surface area contributed by atoms with Gasteiger partial charge in [-0.1, -0.05) is 42.0 Å². The van der Waals surface area contributed by atoms with Crippen molar-refractivity contribution in [2.45, 2.75) is 26.4 Å². The van der Waals surface area contributed by atoms with E-state index < -0.39 is 0 Å². The molecule has 2 heteroatoms. The van der Waals surface area contributed by atoms with Crippen LogP contribution in [0.3, 0.4) is 0 Å². The monoisotopic (exact) mass is 255 g/mol. The summed E-state index contributed by atoms with van der Waals surface area (Å²) < 4.78 is 5.17. The van der Waals surface area contributed by atoms with Crippen LogP contribution in [-0.4, -0.2) is 7.11 Å².